The Morgan fingerprint density at radius 2 is 1.84 bits per heavy atom. The van der Waals surface area contributed by atoms with Gasteiger partial charge < -0.3 is 10.3 Å². The molecular formula is C16H10ClFN6O. The van der Waals surface area contributed by atoms with Crippen molar-refractivity contribution in [3.63, 3.8) is 0 Å². The average molecular weight is 357 g/mol. The zero-order chi connectivity index (χ0) is 17.4. The molecule has 9 heteroatoms. The van der Waals surface area contributed by atoms with E-state index in [1.807, 2.05) is 0 Å². The second-order valence-corrected chi connectivity index (χ2v) is 5.50. The first-order chi connectivity index (χ1) is 12.1. The van der Waals surface area contributed by atoms with Gasteiger partial charge in [0.2, 0.25) is 5.82 Å². The molecular weight excluding hydrogens is 347 g/mol. The minimum Gasteiger partial charge on any atom is -0.382 e. The van der Waals surface area contributed by atoms with E-state index in [1.165, 1.54) is 10.7 Å². The first-order valence-corrected chi connectivity index (χ1v) is 7.58. The predicted octanol–water partition coefficient (Wildman–Crippen LogP) is 3.36. The third-order valence-electron chi connectivity index (χ3n) is 3.53. The average Bonchev–Trinajstić information content (AvgIpc) is 3.23. The minimum atomic E-state index is -0.456. The second-order valence-electron chi connectivity index (χ2n) is 5.09. The lowest BCUT2D eigenvalue weighted by molar-refractivity contribution is 0.430. The van der Waals surface area contributed by atoms with E-state index in [0.717, 1.165) is 0 Å². The highest BCUT2D eigenvalue weighted by molar-refractivity contribution is 6.32. The van der Waals surface area contributed by atoms with E-state index in [9.17, 15) is 4.39 Å². The number of para-hydroxylation sites is 1. The number of hydrogen-bond donors (Lipinski definition) is 1. The molecule has 0 saturated carbocycles. The van der Waals surface area contributed by atoms with Gasteiger partial charge in [0, 0.05) is 0 Å². The molecule has 4 aromatic rings. The largest absolute Gasteiger partial charge is 0.382 e. The van der Waals surface area contributed by atoms with Crippen molar-refractivity contribution in [3.8, 4) is 28.7 Å². The molecule has 2 heterocycles. The molecule has 4 rings (SSSR count). The zero-order valence-electron chi connectivity index (χ0n) is 12.6. The summed E-state index contributed by atoms with van der Waals surface area (Å²) in [6.07, 6.45) is 0. The van der Waals surface area contributed by atoms with Crippen molar-refractivity contribution in [2.24, 2.45) is 0 Å². The lowest BCUT2D eigenvalue weighted by Crippen LogP contribution is -2.02. The number of nitrogen functional groups attached to an aromatic ring is 1. The molecule has 2 N–H and O–H groups in total. The van der Waals surface area contributed by atoms with Crippen LogP contribution in [0.25, 0.3) is 28.7 Å². The third kappa shape index (κ3) is 2.62. The molecule has 25 heavy (non-hydrogen) atoms. The van der Waals surface area contributed by atoms with Crippen molar-refractivity contribution in [1.82, 2.24) is 25.1 Å². The summed E-state index contributed by atoms with van der Waals surface area (Å²) in [6.45, 7) is 0. The molecule has 2 aromatic carbocycles. The van der Waals surface area contributed by atoms with Crippen molar-refractivity contribution in [2.75, 3.05) is 5.73 Å². The van der Waals surface area contributed by atoms with Gasteiger partial charge in [-0.25, -0.2) is 4.39 Å². The van der Waals surface area contributed by atoms with E-state index in [-0.39, 0.29) is 28.8 Å². The highest BCUT2D eigenvalue weighted by atomic mass is 35.5. The Kier molecular flexibility index (Phi) is 3.66. The van der Waals surface area contributed by atoms with E-state index < -0.39 is 5.82 Å². The Morgan fingerprint density at radius 3 is 2.64 bits per heavy atom. The van der Waals surface area contributed by atoms with Crippen LogP contribution in [-0.4, -0.2) is 25.1 Å². The summed E-state index contributed by atoms with van der Waals surface area (Å²) in [6, 6.07) is 13.2. The molecule has 124 valence electrons. The van der Waals surface area contributed by atoms with E-state index in [2.05, 4.69) is 20.5 Å². The Balaban J connectivity index is 1.75. The summed E-state index contributed by atoms with van der Waals surface area (Å²) < 4.78 is 20.4. The van der Waals surface area contributed by atoms with Crippen LogP contribution < -0.4 is 5.73 Å². The van der Waals surface area contributed by atoms with Gasteiger partial charge in [-0.3, -0.25) is 0 Å². The standard InChI is InChI=1S/C16H10ClFN6O/c17-10-6-2-4-8-12(10)24-14(19)13(21-23-24)16-20-15(22-25-16)9-5-1-3-7-11(9)18/h1-8H,19H2. The van der Waals surface area contributed by atoms with Crippen LogP contribution >= 0.6 is 11.6 Å². The Bertz CT molecular complexity index is 1060. The van der Waals surface area contributed by atoms with Gasteiger partial charge >= 0.3 is 0 Å². The highest BCUT2D eigenvalue weighted by Gasteiger charge is 2.21. The van der Waals surface area contributed by atoms with Crippen LogP contribution in [0.4, 0.5) is 10.2 Å². The normalized spacial score (nSPS) is 11.0. The van der Waals surface area contributed by atoms with Crippen LogP contribution in [0.1, 0.15) is 0 Å². The van der Waals surface area contributed by atoms with Gasteiger partial charge in [-0.1, -0.05) is 46.2 Å². The van der Waals surface area contributed by atoms with Crippen LogP contribution in [0.15, 0.2) is 53.1 Å². The SMILES string of the molecule is Nc1c(-c2nc(-c3ccccc3F)no2)nnn1-c1ccccc1Cl. The van der Waals surface area contributed by atoms with Crippen LogP contribution in [0.5, 0.6) is 0 Å². The van der Waals surface area contributed by atoms with Crippen LogP contribution in [0.3, 0.4) is 0 Å². The van der Waals surface area contributed by atoms with Gasteiger partial charge in [0.05, 0.1) is 16.3 Å². The summed E-state index contributed by atoms with van der Waals surface area (Å²) in [7, 11) is 0. The topological polar surface area (TPSA) is 95.7 Å². The first-order valence-electron chi connectivity index (χ1n) is 7.20. The monoisotopic (exact) mass is 356 g/mol. The van der Waals surface area contributed by atoms with Gasteiger partial charge in [-0.15, -0.1) is 5.10 Å². The molecule has 0 fully saturated rings. The van der Waals surface area contributed by atoms with Gasteiger partial charge in [0.1, 0.15) is 5.82 Å². The number of aromatic nitrogens is 5. The van der Waals surface area contributed by atoms with Gasteiger partial charge in [-0.05, 0) is 24.3 Å². The Morgan fingerprint density at radius 1 is 1.08 bits per heavy atom. The molecule has 0 amide bonds. The molecule has 0 aliphatic heterocycles. The smallest absolute Gasteiger partial charge is 0.282 e. The molecule has 0 radical (unpaired) electrons. The number of rotatable bonds is 3. The van der Waals surface area contributed by atoms with Gasteiger partial charge in [0.15, 0.2) is 11.5 Å². The number of hydrogen-bond acceptors (Lipinski definition) is 6. The highest BCUT2D eigenvalue weighted by Crippen LogP contribution is 2.29. The van der Waals surface area contributed by atoms with Crippen molar-refractivity contribution in [1.29, 1.82) is 0 Å². The summed E-state index contributed by atoms with van der Waals surface area (Å²) in [5, 5.41) is 12.2. The summed E-state index contributed by atoms with van der Waals surface area (Å²) in [4.78, 5) is 4.16. The van der Waals surface area contributed by atoms with Gasteiger partial charge in [0.25, 0.3) is 5.89 Å². The fourth-order valence-electron chi connectivity index (χ4n) is 2.31. The summed E-state index contributed by atoms with van der Waals surface area (Å²) in [5.41, 5.74) is 7.06. The number of benzene rings is 2. The number of nitrogens with two attached hydrogens (primary N) is 1. The molecule has 0 bridgehead atoms. The Labute approximate surface area is 145 Å². The molecule has 0 saturated heterocycles. The molecule has 7 nitrogen and oxygen atoms in total. The maximum Gasteiger partial charge on any atom is 0.282 e. The molecule has 0 aliphatic carbocycles. The molecule has 0 atom stereocenters. The lowest BCUT2D eigenvalue weighted by atomic mass is 10.2. The maximum atomic E-state index is 13.8. The quantitative estimate of drug-likeness (QED) is 0.604. The fourth-order valence-corrected chi connectivity index (χ4v) is 2.53. The lowest BCUT2D eigenvalue weighted by Gasteiger charge is -2.04. The van der Waals surface area contributed by atoms with Gasteiger partial charge in [-0.2, -0.15) is 9.67 Å². The summed E-state index contributed by atoms with van der Waals surface area (Å²) in [5.74, 6) is -0.145. The van der Waals surface area contributed by atoms with E-state index in [4.69, 9.17) is 21.9 Å². The first kappa shape index (κ1) is 15.3. The van der Waals surface area contributed by atoms with Crippen LogP contribution in [-0.2, 0) is 0 Å². The van der Waals surface area contributed by atoms with Crippen LogP contribution in [0, 0.1) is 5.82 Å². The molecule has 0 unspecified atom stereocenters. The molecule has 2 aromatic heterocycles. The van der Waals surface area contributed by atoms with Crippen molar-refractivity contribution in [3.05, 3.63) is 59.4 Å². The number of anilines is 1. The third-order valence-corrected chi connectivity index (χ3v) is 3.85. The zero-order valence-corrected chi connectivity index (χ0v) is 13.4. The van der Waals surface area contributed by atoms with Crippen LogP contribution in [0.2, 0.25) is 5.02 Å². The maximum absolute atomic E-state index is 13.8. The predicted molar refractivity (Wildman–Crippen MR) is 89.5 cm³/mol. The van der Waals surface area contributed by atoms with E-state index in [0.29, 0.717) is 10.7 Å². The van der Waals surface area contributed by atoms with Crippen molar-refractivity contribution < 1.29 is 8.91 Å². The second kappa shape index (κ2) is 5.99. The molecule has 0 spiro atoms. The Hall–Kier alpha value is -3.26. The number of halogens is 2. The van der Waals surface area contributed by atoms with Crippen molar-refractivity contribution >= 4 is 17.4 Å². The molecule has 0 aliphatic rings. The summed E-state index contributed by atoms with van der Waals surface area (Å²) >= 11 is 6.15. The fraction of sp³-hybridized carbons (Fsp3) is 0. The van der Waals surface area contributed by atoms with E-state index >= 15 is 0 Å². The minimum absolute atomic E-state index is 0.0362. The number of nitrogens with zero attached hydrogens (tertiary/aromatic N) is 5. The van der Waals surface area contributed by atoms with Crippen molar-refractivity contribution in [2.45, 2.75) is 0 Å². The van der Waals surface area contributed by atoms with E-state index in [1.54, 1.807) is 42.5 Å².